The molecule has 92 valence electrons. The van der Waals surface area contributed by atoms with Crippen LogP contribution in [0, 0.1) is 11.3 Å². The first-order chi connectivity index (χ1) is 8.00. The largest absolute Gasteiger partial charge is 0.497 e. The molecule has 0 aliphatic heterocycles. The molecule has 1 aromatic rings. The van der Waals surface area contributed by atoms with Gasteiger partial charge in [-0.15, -0.1) is 0 Å². The molecule has 0 aromatic heterocycles. The molecule has 0 aliphatic carbocycles. The van der Waals surface area contributed by atoms with E-state index in [1.54, 1.807) is 25.1 Å². The molecule has 0 aliphatic rings. The van der Waals surface area contributed by atoms with Gasteiger partial charge in [-0.25, -0.2) is 0 Å². The average molecular weight is 235 g/mol. The van der Waals surface area contributed by atoms with Crippen molar-refractivity contribution in [1.29, 1.82) is 5.26 Å². The number of benzene rings is 1. The molecular formula is C13H17NO3. The Morgan fingerprint density at radius 1 is 1.35 bits per heavy atom. The Kier molecular flexibility index (Phi) is 4.36. The van der Waals surface area contributed by atoms with Crippen LogP contribution in [0.15, 0.2) is 18.2 Å². The van der Waals surface area contributed by atoms with Crippen LogP contribution in [0.4, 0.5) is 0 Å². The van der Waals surface area contributed by atoms with E-state index in [2.05, 4.69) is 0 Å². The second kappa shape index (κ2) is 5.55. The summed E-state index contributed by atoms with van der Waals surface area (Å²) in [5.41, 5.74) is -0.397. The van der Waals surface area contributed by atoms with Gasteiger partial charge in [0.25, 0.3) is 0 Å². The van der Waals surface area contributed by atoms with E-state index >= 15 is 0 Å². The molecular weight excluding hydrogens is 218 g/mol. The lowest BCUT2D eigenvalue weighted by Crippen LogP contribution is -2.31. The monoisotopic (exact) mass is 235 g/mol. The minimum absolute atomic E-state index is 0.182. The fourth-order valence-electron chi connectivity index (χ4n) is 1.18. The number of nitriles is 1. The van der Waals surface area contributed by atoms with Crippen molar-refractivity contribution in [3.8, 4) is 17.6 Å². The number of hydrogen-bond acceptors (Lipinski definition) is 4. The highest BCUT2D eigenvalue weighted by atomic mass is 16.5. The lowest BCUT2D eigenvalue weighted by molar-refractivity contribution is 0.00840. The lowest BCUT2D eigenvalue weighted by atomic mass is 10.1. The van der Waals surface area contributed by atoms with Crippen LogP contribution in [0.5, 0.6) is 11.5 Å². The normalized spacial score (nSPS) is 13.6. The van der Waals surface area contributed by atoms with Crippen LogP contribution in [0.3, 0.4) is 0 Å². The summed E-state index contributed by atoms with van der Waals surface area (Å²) in [5.74, 6) is 1.09. The highest BCUT2D eigenvalue weighted by Crippen LogP contribution is 2.23. The van der Waals surface area contributed by atoms with E-state index in [4.69, 9.17) is 14.7 Å². The molecule has 1 N–H and O–H groups in total. The van der Waals surface area contributed by atoms with E-state index in [1.807, 2.05) is 13.0 Å². The van der Waals surface area contributed by atoms with Gasteiger partial charge in [0.05, 0.1) is 24.3 Å². The highest BCUT2D eigenvalue weighted by molar-refractivity contribution is 5.43. The van der Waals surface area contributed by atoms with E-state index in [0.717, 1.165) is 0 Å². The molecule has 4 heteroatoms. The molecule has 0 saturated heterocycles. The molecule has 0 amide bonds. The van der Waals surface area contributed by atoms with Gasteiger partial charge in [0.15, 0.2) is 0 Å². The van der Waals surface area contributed by atoms with Crippen LogP contribution in [-0.2, 0) is 0 Å². The van der Waals surface area contributed by atoms with Gasteiger partial charge in [-0.1, -0.05) is 6.92 Å². The molecule has 1 atom stereocenters. The van der Waals surface area contributed by atoms with E-state index in [0.29, 0.717) is 23.5 Å². The first kappa shape index (κ1) is 13.3. The number of ether oxygens (including phenoxy) is 2. The SMILES string of the molecule is CCC(C)(O)COc1cc(C#N)cc(OC)c1. The number of aliphatic hydroxyl groups is 1. The summed E-state index contributed by atoms with van der Waals surface area (Å²) in [6, 6.07) is 6.97. The highest BCUT2D eigenvalue weighted by Gasteiger charge is 2.18. The fraction of sp³-hybridized carbons (Fsp3) is 0.462. The van der Waals surface area contributed by atoms with Crippen LogP contribution in [0.25, 0.3) is 0 Å². The molecule has 1 rings (SSSR count). The average Bonchev–Trinajstić information content (AvgIpc) is 2.36. The second-order valence-electron chi connectivity index (χ2n) is 4.15. The molecule has 0 saturated carbocycles. The van der Waals surface area contributed by atoms with Crippen LogP contribution in [0.2, 0.25) is 0 Å². The summed E-state index contributed by atoms with van der Waals surface area (Å²) in [4.78, 5) is 0. The predicted octanol–water partition coefficient (Wildman–Crippen LogP) is 2.11. The van der Waals surface area contributed by atoms with Crippen LogP contribution in [-0.4, -0.2) is 24.4 Å². The maximum absolute atomic E-state index is 9.82. The van der Waals surface area contributed by atoms with E-state index < -0.39 is 5.60 Å². The summed E-state index contributed by atoms with van der Waals surface area (Å²) in [6.07, 6.45) is 0.599. The van der Waals surface area contributed by atoms with Crippen molar-refractivity contribution in [2.45, 2.75) is 25.9 Å². The smallest absolute Gasteiger partial charge is 0.124 e. The standard InChI is InChI=1S/C13H17NO3/c1-4-13(2,15)9-17-12-6-10(8-14)5-11(7-12)16-3/h5-7,15H,4,9H2,1-3H3. The summed E-state index contributed by atoms with van der Waals surface area (Å²) in [7, 11) is 1.53. The van der Waals surface area contributed by atoms with Crippen molar-refractivity contribution in [3.63, 3.8) is 0 Å². The quantitative estimate of drug-likeness (QED) is 0.849. The number of nitrogens with zero attached hydrogens (tertiary/aromatic N) is 1. The van der Waals surface area contributed by atoms with Gasteiger partial charge in [0.2, 0.25) is 0 Å². The minimum atomic E-state index is -0.865. The zero-order valence-corrected chi connectivity index (χ0v) is 10.4. The summed E-state index contributed by atoms with van der Waals surface area (Å²) < 4.78 is 10.5. The van der Waals surface area contributed by atoms with E-state index in [9.17, 15) is 5.11 Å². The Balaban J connectivity index is 2.81. The number of hydrogen-bond donors (Lipinski definition) is 1. The third kappa shape index (κ3) is 3.97. The zero-order chi connectivity index (χ0) is 12.9. The lowest BCUT2D eigenvalue weighted by Gasteiger charge is -2.21. The number of rotatable bonds is 5. The molecule has 0 heterocycles. The van der Waals surface area contributed by atoms with Gasteiger partial charge in [-0.2, -0.15) is 5.26 Å². The van der Waals surface area contributed by atoms with E-state index in [1.165, 1.54) is 7.11 Å². The Morgan fingerprint density at radius 2 is 2.00 bits per heavy atom. The minimum Gasteiger partial charge on any atom is -0.497 e. The molecule has 0 radical (unpaired) electrons. The van der Waals surface area contributed by atoms with Gasteiger partial charge in [-0.3, -0.25) is 0 Å². The van der Waals surface area contributed by atoms with Crippen LogP contribution < -0.4 is 9.47 Å². The Labute approximate surface area is 101 Å². The van der Waals surface area contributed by atoms with Crippen LogP contribution in [0.1, 0.15) is 25.8 Å². The maximum atomic E-state index is 9.82. The molecule has 17 heavy (non-hydrogen) atoms. The van der Waals surface area contributed by atoms with Crippen molar-refractivity contribution < 1.29 is 14.6 Å². The summed E-state index contributed by atoms with van der Waals surface area (Å²) >= 11 is 0. The van der Waals surface area contributed by atoms with Crippen molar-refractivity contribution >= 4 is 0 Å². The van der Waals surface area contributed by atoms with Gasteiger partial charge in [0, 0.05) is 6.07 Å². The molecule has 4 nitrogen and oxygen atoms in total. The van der Waals surface area contributed by atoms with Crippen molar-refractivity contribution in [3.05, 3.63) is 23.8 Å². The second-order valence-corrected chi connectivity index (χ2v) is 4.15. The number of methoxy groups -OCH3 is 1. The molecule has 0 spiro atoms. The Hall–Kier alpha value is -1.73. The first-order valence-electron chi connectivity index (χ1n) is 5.45. The predicted molar refractivity (Wildman–Crippen MR) is 64.1 cm³/mol. The van der Waals surface area contributed by atoms with Crippen molar-refractivity contribution in [1.82, 2.24) is 0 Å². The summed E-state index contributed by atoms with van der Waals surface area (Å²) in [6.45, 7) is 3.77. The third-order valence-electron chi connectivity index (χ3n) is 2.56. The van der Waals surface area contributed by atoms with Gasteiger partial charge in [0.1, 0.15) is 18.1 Å². The molecule has 0 bridgehead atoms. The Morgan fingerprint density at radius 3 is 2.53 bits per heavy atom. The fourth-order valence-corrected chi connectivity index (χ4v) is 1.18. The van der Waals surface area contributed by atoms with Crippen LogP contribution >= 0.6 is 0 Å². The van der Waals surface area contributed by atoms with Crippen molar-refractivity contribution in [2.24, 2.45) is 0 Å². The first-order valence-corrected chi connectivity index (χ1v) is 5.45. The molecule has 0 fully saturated rings. The van der Waals surface area contributed by atoms with Crippen molar-refractivity contribution in [2.75, 3.05) is 13.7 Å². The molecule has 1 aromatic carbocycles. The van der Waals surface area contributed by atoms with Gasteiger partial charge in [-0.05, 0) is 25.5 Å². The topological polar surface area (TPSA) is 62.5 Å². The zero-order valence-electron chi connectivity index (χ0n) is 10.4. The molecule has 1 unspecified atom stereocenters. The maximum Gasteiger partial charge on any atom is 0.124 e. The summed E-state index contributed by atoms with van der Waals surface area (Å²) in [5, 5.41) is 18.7. The van der Waals surface area contributed by atoms with Gasteiger partial charge < -0.3 is 14.6 Å². The Bertz CT molecular complexity index is 421. The van der Waals surface area contributed by atoms with Gasteiger partial charge >= 0.3 is 0 Å². The third-order valence-corrected chi connectivity index (χ3v) is 2.56. The van der Waals surface area contributed by atoms with E-state index in [-0.39, 0.29) is 6.61 Å².